The number of carbonyl (C=O) groups excluding carboxylic acids is 1. The van der Waals surface area contributed by atoms with Gasteiger partial charge in [0, 0.05) is 24.6 Å². The molecule has 1 amide bonds. The van der Waals surface area contributed by atoms with Gasteiger partial charge in [0.2, 0.25) is 0 Å². The van der Waals surface area contributed by atoms with Crippen molar-refractivity contribution in [2.24, 2.45) is 0 Å². The van der Waals surface area contributed by atoms with Crippen molar-refractivity contribution < 1.29 is 14.3 Å². The molecule has 2 aromatic carbocycles. The summed E-state index contributed by atoms with van der Waals surface area (Å²) < 4.78 is 10.8. The first-order chi connectivity index (χ1) is 14.2. The molecule has 0 spiro atoms. The third kappa shape index (κ3) is 5.97. The molecule has 2 N–H and O–H groups in total. The van der Waals surface area contributed by atoms with Gasteiger partial charge in [0.15, 0.2) is 0 Å². The van der Waals surface area contributed by atoms with Gasteiger partial charge in [-0.25, -0.2) is 0 Å². The molecule has 3 aromatic rings. The number of pyridine rings is 1. The van der Waals surface area contributed by atoms with Crippen LogP contribution < -0.4 is 20.1 Å². The molecule has 29 heavy (non-hydrogen) atoms. The molecule has 0 radical (unpaired) electrons. The number of aromatic nitrogens is 1. The summed E-state index contributed by atoms with van der Waals surface area (Å²) in [4.78, 5) is 16.6. The predicted molar refractivity (Wildman–Crippen MR) is 115 cm³/mol. The largest absolute Gasteiger partial charge is 0.497 e. The number of hydrogen-bond acceptors (Lipinski definition) is 5. The maximum absolute atomic E-state index is 12.5. The average molecular weight is 391 g/mol. The Kier molecular flexibility index (Phi) is 7.05. The minimum atomic E-state index is -0.195. The van der Waals surface area contributed by atoms with Gasteiger partial charge in [-0.1, -0.05) is 19.1 Å². The van der Waals surface area contributed by atoms with Gasteiger partial charge in [0.25, 0.3) is 5.91 Å². The predicted octanol–water partition coefficient (Wildman–Crippen LogP) is 4.40. The van der Waals surface area contributed by atoms with Crippen molar-refractivity contribution in [1.29, 1.82) is 0 Å². The van der Waals surface area contributed by atoms with E-state index in [9.17, 15) is 4.79 Å². The maximum Gasteiger partial charge on any atom is 0.257 e. The number of nitrogens with one attached hydrogen (secondary N) is 2. The minimum absolute atomic E-state index is 0.195. The molecule has 1 aromatic heterocycles. The first-order valence-corrected chi connectivity index (χ1v) is 9.54. The second kappa shape index (κ2) is 10.1. The fraction of sp³-hybridized carbons (Fsp3) is 0.217. The van der Waals surface area contributed by atoms with Crippen LogP contribution in [-0.2, 0) is 6.42 Å². The van der Waals surface area contributed by atoms with Gasteiger partial charge in [-0.15, -0.1) is 0 Å². The van der Waals surface area contributed by atoms with E-state index in [0.29, 0.717) is 18.7 Å². The van der Waals surface area contributed by atoms with E-state index in [2.05, 4.69) is 22.5 Å². The lowest BCUT2D eigenvalue weighted by Crippen LogP contribution is -2.14. The van der Waals surface area contributed by atoms with Crippen molar-refractivity contribution in [3.05, 3.63) is 78.1 Å². The highest BCUT2D eigenvalue weighted by molar-refractivity contribution is 6.04. The topological polar surface area (TPSA) is 72.5 Å². The minimum Gasteiger partial charge on any atom is -0.497 e. The summed E-state index contributed by atoms with van der Waals surface area (Å²) >= 11 is 0. The number of aryl methyl sites for hydroxylation is 1. The maximum atomic E-state index is 12.5. The van der Waals surface area contributed by atoms with Crippen molar-refractivity contribution >= 4 is 17.3 Å². The Morgan fingerprint density at radius 2 is 1.69 bits per heavy atom. The molecular weight excluding hydrogens is 366 g/mol. The van der Waals surface area contributed by atoms with Crippen molar-refractivity contribution in [1.82, 2.24) is 4.98 Å². The third-order valence-corrected chi connectivity index (χ3v) is 4.38. The molecule has 0 atom stereocenters. The van der Waals surface area contributed by atoms with Gasteiger partial charge in [-0.2, -0.15) is 0 Å². The molecule has 0 unspecified atom stereocenters. The summed E-state index contributed by atoms with van der Waals surface area (Å²) in [5.74, 6) is 1.37. The van der Waals surface area contributed by atoms with Gasteiger partial charge >= 0.3 is 0 Å². The van der Waals surface area contributed by atoms with Crippen LogP contribution in [0.4, 0.5) is 11.4 Å². The number of rotatable bonds is 9. The first-order valence-electron chi connectivity index (χ1n) is 9.54. The van der Waals surface area contributed by atoms with Crippen LogP contribution in [0.2, 0.25) is 0 Å². The molecule has 3 rings (SSSR count). The third-order valence-electron chi connectivity index (χ3n) is 4.38. The molecule has 6 heteroatoms. The second-order valence-corrected chi connectivity index (χ2v) is 6.42. The van der Waals surface area contributed by atoms with E-state index >= 15 is 0 Å². The normalized spacial score (nSPS) is 10.3. The van der Waals surface area contributed by atoms with Gasteiger partial charge in [-0.3, -0.25) is 9.78 Å². The van der Waals surface area contributed by atoms with Crippen LogP contribution in [0.5, 0.6) is 11.5 Å². The van der Waals surface area contributed by atoms with E-state index in [1.54, 1.807) is 25.6 Å². The lowest BCUT2D eigenvalue weighted by Gasteiger charge is -2.10. The molecule has 1 heterocycles. The van der Waals surface area contributed by atoms with Crippen LogP contribution in [0, 0.1) is 0 Å². The summed E-state index contributed by atoms with van der Waals surface area (Å²) in [7, 11) is 1.63. The number of amides is 1. The summed E-state index contributed by atoms with van der Waals surface area (Å²) in [5.41, 5.74) is 3.24. The lowest BCUT2D eigenvalue weighted by atomic mass is 10.1. The number of nitrogens with zero attached hydrogens (tertiary/aromatic N) is 1. The van der Waals surface area contributed by atoms with Gasteiger partial charge < -0.3 is 20.1 Å². The molecule has 0 aliphatic rings. The second-order valence-electron chi connectivity index (χ2n) is 6.42. The van der Waals surface area contributed by atoms with E-state index in [4.69, 9.17) is 9.47 Å². The zero-order valence-corrected chi connectivity index (χ0v) is 16.6. The first kappa shape index (κ1) is 20.2. The molecule has 0 saturated carbocycles. The van der Waals surface area contributed by atoms with Crippen LogP contribution in [-0.4, -0.2) is 31.2 Å². The Morgan fingerprint density at radius 3 is 2.38 bits per heavy atom. The zero-order valence-electron chi connectivity index (χ0n) is 16.6. The smallest absolute Gasteiger partial charge is 0.257 e. The number of carbonyl (C=O) groups is 1. The lowest BCUT2D eigenvalue weighted by molar-refractivity contribution is 0.102. The summed E-state index contributed by atoms with van der Waals surface area (Å²) in [6.45, 7) is 3.16. The molecule has 0 aliphatic heterocycles. The molecular formula is C23H25N3O3. The van der Waals surface area contributed by atoms with Gasteiger partial charge in [-0.05, 0) is 54.4 Å². The van der Waals surface area contributed by atoms with E-state index in [0.717, 1.165) is 29.3 Å². The Morgan fingerprint density at radius 1 is 0.966 bits per heavy atom. The number of anilines is 2. The molecule has 150 valence electrons. The highest BCUT2D eigenvalue weighted by Gasteiger charge is 2.08. The summed E-state index contributed by atoms with van der Waals surface area (Å²) in [5, 5.41) is 6.11. The Labute approximate surface area is 170 Å². The van der Waals surface area contributed by atoms with Crippen molar-refractivity contribution in [2.45, 2.75) is 13.3 Å². The van der Waals surface area contributed by atoms with E-state index in [1.165, 1.54) is 5.56 Å². The van der Waals surface area contributed by atoms with Crippen LogP contribution in [0.1, 0.15) is 22.8 Å². The molecule has 0 saturated heterocycles. The van der Waals surface area contributed by atoms with Crippen LogP contribution in [0.3, 0.4) is 0 Å². The van der Waals surface area contributed by atoms with E-state index < -0.39 is 0 Å². The number of benzene rings is 2. The standard InChI is InChI=1S/C23H25N3O3/c1-3-17-4-6-19(7-5-17)26-23(27)18-14-20(16-24-15-18)25-12-13-29-22-10-8-21(28-2)9-11-22/h4-11,14-16,25H,3,12-13H2,1-2H3,(H,26,27). The highest BCUT2D eigenvalue weighted by atomic mass is 16.5. The summed E-state index contributed by atoms with van der Waals surface area (Å²) in [6, 6.07) is 17.0. The molecule has 6 nitrogen and oxygen atoms in total. The van der Waals surface area contributed by atoms with E-state index in [1.807, 2.05) is 48.5 Å². The Balaban J connectivity index is 1.49. The monoisotopic (exact) mass is 391 g/mol. The quantitative estimate of drug-likeness (QED) is 0.529. The average Bonchev–Trinajstić information content (AvgIpc) is 2.78. The number of hydrogen-bond donors (Lipinski definition) is 2. The molecule has 0 fully saturated rings. The molecule has 0 bridgehead atoms. The van der Waals surface area contributed by atoms with E-state index in [-0.39, 0.29) is 5.91 Å². The van der Waals surface area contributed by atoms with Gasteiger partial charge in [0.1, 0.15) is 18.1 Å². The number of ether oxygens (including phenoxy) is 2. The SMILES string of the molecule is CCc1ccc(NC(=O)c2cncc(NCCOc3ccc(OC)cc3)c2)cc1. The summed E-state index contributed by atoms with van der Waals surface area (Å²) in [6.07, 6.45) is 4.20. The van der Waals surface area contributed by atoms with Crippen LogP contribution >= 0.6 is 0 Å². The van der Waals surface area contributed by atoms with Crippen molar-refractivity contribution in [3.63, 3.8) is 0 Å². The Hall–Kier alpha value is -3.54. The fourth-order valence-electron chi connectivity index (χ4n) is 2.72. The fourth-order valence-corrected chi connectivity index (χ4v) is 2.72. The zero-order chi connectivity index (χ0) is 20.5. The van der Waals surface area contributed by atoms with Crippen molar-refractivity contribution in [3.8, 4) is 11.5 Å². The van der Waals surface area contributed by atoms with Gasteiger partial charge in [0.05, 0.1) is 18.4 Å². The molecule has 0 aliphatic carbocycles. The highest BCUT2D eigenvalue weighted by Crippen LogP contribution is 2.17. The Bertz CT molecular complexity index is 925. The van der Waals surface area contributed by atoms with Crippen molar-refractivity contribution in [2.75, 3.05) is 30.9 Å². The van der Waals surface area contributed by atoms with Crippen LogP contribution in [0.15, 0.2) is 67.0 Å². The number of methoxy groups -OCH3 is 1. The van der Waals surface area contributed by atoms with Crippen LogP contribution in [0.25, 0.3) is 0 Å².